The molecule has 1 atom stereocenters. The van der Waals surface area contributed by atoms with E-state index in [1.165, 1.54) is 0 Å². The highest BCUT2D eigenvalue weighted by atomic mass is 16.3. The number of furan rings is 1. The summed E-state index contributed by atoms with van der Waals surface area (Å²) in [7, 11) is 0. The van der Waals surface area contributed by atoms with Gasteiger partial charge >= 0.3 is 0 Å². The summed E-state index contributed by atoms with van der Waals surface area (Å²) in [6, 6.07) is 1.75. The van der Waals surface area contributed by atoms with Crippen LogP contribution in [-0.2, 0) is 0 Å². The third-order valence-corrected chi connectivity index (χ3v) is 1.69. The quantitative estimate of drug-likeness (QED) is 0.731. The van der Waals surface area contributed by atoms with Crippen molar-refractivity contribution in [2.45, 2.75) is 33.3 Å². The fourth-order valence-corrected chi connectivity index (χ4v) is 0.995. The maximum Gasteiger partial charge on any atom is 0.0960 e. The normalized spacial score (nSPS) is 13.1. The first kappa shape index (κ1) is 10.9. The Bertz CT molecular complexity index is 319. The van der Waals surface area contributed by atoms with Crippen molar-refractivity contribution in [1.29, 1.82) is 0 Å². The van der Waals surface area contributed by atoms with E-state index in [0.29, 0.717) is 6.42 Å². The molecular formula is C12H16O2. The Balaban J connectivity index is 2.50. The summed E-state index contributed by atoms with van der Waals surface area (Å²) < 4.78 is 4.87. The first-order valence-corrected chi connectivity index (χ1v) is 4.69. The molecule has 0 saturated heterocycles. The second-order valence-electron chi connectivity index (χ2n) is 4.33. The minimum Gasteiger partial charge on any atom is -0.472 e. The molecule has 2 nitrogen and oxygen atoms in total. The Kier molecular flexibility index (Phi) is 3.38. The van der Waals surface area contributed by atoms with E-state index in [1.807, 2.05) is 20.8 Å². The molecule has 0 radical (unpaired) electrons. The van der Waals surface area contributed by atoms with Gasteiger partial charge in [0.05, 0.1) is 18.6 Å². The highest BCUT2D eigenvalue weighted by Gasteiger charge is 2.07. The van der Waals surface area contributed by atoms with Crippen LogP contribution < -0.4 is 0 Å². The minimum absolute atomic E-state index is 0.00385. The zero-order valence-corrected chi connectivity index (χ0v) is 8.87. The smallest absolute Gasteiger partial charge is 0.0960 e. The maximum atomic E-state index is 9.64. The molecule has 1 aromatic heterocycles. The lowest BCUT2D eigenvalue weighted by molar-refractivity contribution is 0.183. The zero-order chi connectivity index (χ0) is 10.6. The van der Waals surface area contributed by atoms with Gasteiger partial charge < -0.3 is 9.52 Å². The van der Waals surface area contributed by atoms with Crippen LogP contribution in [0.3, 0.4) is 0 Å². The van der Waals surface area contributed by atoms with Gasteiger partial charge in [-0.15, -0.1) is 0 Å². The van der Waals surface area contributed by atoms with E-state index < -0.39 is 6.10 Å². The van der Waals surface area contributed by atoms with Crippen LogP contribution in [-0.4, -0.2) is 5.11 Å². The Morgan fingerprint density at radius 1 is 1.50 bits per heavy atom. The number of aliphatic hydroxyl groups excluding tert-OH is 1. The van der Waals surface area contributed by atoms with Crippen molar-refractivity contribution >= 4 is 0 Å². The highest BCUT2D eigenvalue weighted by molar-refractivity contribution is 5.14. The van der Waals surface area contributed by atoms with Gasteiger partial charge in [0, 0.05) is 17.4 Å². The number of hydrogen-bond acceptors (Lipinski definition) is 2. The second-order valence-corrected chi connectivity index (χ2v) is 4.33. The fraction of sp³-hybridized carbons (Fsp3) is 0.500. The van der Waals surface area contributed by atoms with Crippen LogP contribution in [0, 0.1) is 17.3 Å². The summed E-state index contributed by atoms with van der Waals surface area (Å²) in [5.41, 5.74) is 0.782. The lowest BCUT2D eigenvalue weighted by Crippen LogP contribution is -2.00. The Labute approximate surface area is 84.9 Å². The van der Waals surface area contributed by atoms with E-state index in [0.717, 1.165) is 5.56 Å². The first-order chi connectivity index (χ1) is 6.49. The average molecular weight is 192 g/mol. The lowest BCUT2D eigenvalue weighted by atomic mass is 9.97. The minimum atomic E-state index is -0.538. The van der Waals surface area contributed by atoms with Crippen molar-refractivity contribution in [2.75, 3.05) is 0 Å². The number of aliphatic hydroxyl groups is 1. The molecule has 1 rings (SSSR count). The topological polar surface area (TPSA) is 33.4 Å². The first-order valence-electron chi connectivity index (χ1n) is 4.69. The number of hydrogen-bond donors (Lipinski definition) is 1. The Hall–Kier alpha value is -1.20. The van der Waals surface area contributed by atoms with Gasteiger partial charge in [0.1, 0.15) is 0 Å². The molecule has 14 heavy (non-hydrogen) atoms. The standard InChI is InChI=1S/C12H16O2/c1-12(2,3)7-4-5-11(13)10-6-8-14-9-10/h6,8-9,11,13H,5H2,1-3H3. The predicted molar refractivity (Wildman–Crippen MR) is 55.5 cm³/mol. The molecule has 2 heteroatoms. The molecule has 0 fully saturated rings. The van der Waals surface area contributed by atoms with Gasteiger partial charge in [0.25, 0.3) is 0 Å². The Morgan fingerprint density at radius 2 is 2.21 bits per heavy atom. The van der Waals surface area contributed by atoms with Crippen LogP contribution in [0.1, 0.15) is 38.9 Å². The van der Waals surface area contributed by atoms with Gasteiger partial charge in [-0.05, 0) is 26.8 Å². The van der Waals surface area contributed by atoms with Gasteiger partial charge in [-0.2, -0.15) is 0 Å². The molecule has 1 aromatic rings. The molecule has 1 heterocycles. The molecule has 1 N–H and O–H groups in total. The second kappa shape index (κ2) is 4.34. The van der Waals surface area contributed by atoms with Gasteiger partial charge in [-0.1, -0.05) is 11.8 Å². The molecule has 0 aliphatic heterocycles. The molecule has 0 saturated carbocycles. The van der Waals surface area contributed by atoms with Gasteiger partial charge in [-0.3, -0.25) is 0 Å². The molecule has 0 aromatic carbocycles. The van der Waals surface area contributed by atoms with E-state index >= 15 is 0 Å². The van der Waals surface area contributed by atoms with E-state index in [-0.39, 0.29) is 5.41 Å². The molecular weight excluding hydrogens is 176 g/mol. The summed E-state index contributed by atoms with van der Waals surface area (Å²) in [5.74, 6) is 6.05. The van der Waals surface area contributed by atoms with Crippen LogP contribution in [0.5, 0.6) is 0 Å². The summed E-state index contributed by atoms with van der Waals surface area (Å²) in [4.78, 5) is 0. The summed E-state index contributed by atoms with van der Waals surface area (Å²) in [6.07, 6.45) is 3.01. The highest BCUT2D eigenvalue weighted by Crippen LogP contribution is 2.17. The largest absolute Gasteiger partial charge is 0.472 e. The molecule has 0 amide bonds. The van der Waals surface area contributed by atoms with Crippen molar-refractivity contribution in [2.24, 2.45) is 5.41 Å². The van der Waals surface area contributed by atoms with Crippen molar-refractivity contribution in [3.63, 3.8) is 0 Å². The van der Waals surface area contributed by atoms with Gasteiger partial charge in [0.15, 0.2) is 0 Å². The van der Waals surface area contributed by atoms with Crippen molar-refractivity contribution in [3.8, 4) is 11.8 Å². The zero-order valence-electron chi connectivity index (χ0n) is 8.87. The lowest BCUT2D eigenvalue weighted by Gasteiger charge is -2.07. The molecule has 0 aliphatic carbocycles. The van der Waals surface area contributed by atoms with Crippen LogP contribution in [0.15, 0.2) is 23.0 Å². The van der Waals surface area contributed by atoms with E-state index in [9.17, 15) is 5.11 Å². The average Bonchev–Trinajstić information content (AvgIpc) is 2.53. The van der Waals surface area contributed by atoms with Crippen LogP contribution in [0.25, 0.3) is 0 Å². The Morgan fingerprint density at radius 3 is 2.71 bits per heavy atom. The van der Waals surface area contributed by atoms with Crippen molar-refractivity contribution in [3.05, 3.63) is 24.2 Å². The van der Waals surface area contributed by atoms with Crippen LogP contribution in [0.4, 0.5) is 0 Å². The number of rotatable bonds is 2. The van der Waals surface area contributed by atoms with Gasteiger partial charge in [0.2, 0.25) is 0 Å². The van der Waals surface area contributed by atoms with E-state index in [1.54, 1.807) is 18.6 Å². The summed E-state index contributed by atoms with van der Waals surface area (Å²) in [5, 5.41) is 9.64. The van der Waals surface area contributed by atoms with E-state index in [4.69, 9.17) is 4.42 Å². The molecule has 0 spiro atoms. The third kappa shape index (κ3) is 3.68. The predicted octanol–water partition coefficient (Wildman–Crippen LogP) is 2.75. The van der Waals surface area contributed by atoms with Crippen LogP contribution >= 0.6 is 0 Å². The monoisotopic (exact) mass is 192 g/mol. The molecule has 76 valence electrons. The summed E-state index contributed by atoms with van der Waals surface area (Å²) >= 11 is 0. The van der Waals surface area contributed by atoms with Gasteiger partial charge in [-0.25, -0.2) is 0 Å². The van der Waals surface area contributed by atoms with Crippen molar-refractivity contribution in [1.82, 2.24) is 0 Å². The third-order valence-electron chi connectivity index (χ3n) is 1.69. The fourth-order valence-electron chi connectivity index (χ4n) is 0.995. The maximum absolute atomic E-state index is 9.64. The van der Waals surface area contributed by atoms with E-state index in [2.05, 4.69) is 11.8 Å². The molecule has 0 bridgehead atoms. The summed E-state index contributed by atoms with van der Waals surface area (Å²) in [6.45, 7) is 6.14. The molecule has 1 unspecified atom stereocenters. The van der Waals surface area contributed by atoms with Crippen LogP contribution in [0.2, 0.25) is 0 Å². The molecule has 0 aliphatic rings. The SMILES string of the molecule is CC(C)(C)C#CCC(O)c1ccoc1. The van der Waals surface area contributed by atoms with Crippen molar-refractivity contribution < 1.29 is 9.52 Å².